The van der Waals surface area contributed by atoms with Crippen LogP contribution in [-0.2, 0) is 24.6 Å². The first-order chi connectivity index (χ1) is 21.5. The number of hydrogen-bond acceptors (Lipinski definition) is 6. The molecule has 1 aromatic heterocycles. The van der Waals surface area contributed by atoms with Gasteiger partial charge in [0.1, 0.15) is 18.2 Å². The Kier molecular flexibility index (Phi) is 9.47. The molecule has 5 rings (SSSR count). The number of nitrogens with one attached hydrogen (secondary N) is 1. The molecule has 3 N–H and O–H groups in total. The Hall–Kier alpha value is -3.22. The van der Waals surface area contributed by atoms with Crippen LogP contribution in [0.1, 0.15) is 67.4 Å². The first kappa shape index (κ1) is 34.1. The molecule has 46 heavy (non-hydrogen) atoms. The fourth-order valence-electron chi connectivity index (χ4n) is 5.94. The molecule has 0 saturated carbocycles. The molecule has 4 atom stereocenters. The zero-order chi connectivity index (χ0) is 33.6. The molecule has 0 bridgehead atoms. The molecule has 3 amide bonds. The van der Waals surface area contributed by atoms with Crippen molar-refractivity contribution in [1.82, 2.24) is 15.1 Å². The SMILES string of the molecule is CC1COC(c2ccccc2)CN1C(=O)[C@@H]1CCCN1C(=O)[C@@H](NC(=O)c1cc2cc(C(F)(F)P(=O)(O)O)ccc2s1)C(C)(C)C. The number of likely N-dealkylation sites (tertiary alicyclic amines) is 1. The summed E-state index contributed by atoms with van der Waals surface area (Å²) in [7, 11) is -5.77. The lowest BCUT2D eigenvalue weighted by Gasteiger charge is -2.41. The summed E-state index contributed by atoms with van der Waals surface area (Å²) in [5, 5.41) is 3.03. The number of halogens is 2. The lowest BCUT2D eigenvalue weighted by atomic mass is 9.85. The van der Waals surface area contributed by atoms with Crippen LogP contribution >= 0.6 is 18.9 Å². The summed E-state index contributed by atoms with van der Waals surface area (Å²) in [5.41, 5.74) is -5.03. The van der Waals surface area contributed by atoms with Gasteiger partial charge in [0.2, 0.25) is 11.8 Å². The minimum Gasteiger partial charge on any atom is -0.370 e. The molecule has 2 aromatic carbocycles. The van der Waals surface area contributed by atoms with E-state index in [0.29, 0.717) is 37.2 Å². The molecule has 248 valence electrons. The molecule has 0 spiro atoms. The number of ether oxygens (including phenoxy) is 1. The van der Waals surface area contributed by atoms with Crippen molar-refractivity contribution in [2.75, 3.05) is 19.7 Å². The highest BCUT2D eigenvalue weighted by atomic mass is 32.1. The number of nitrogens with zero attached hydrogens (tertiary/aromatic N) is 2. The van der Waals surface area contributed by atoms with E-state index in [1.54, 1.807) is 30.6 Å². The van der Waals surface area contributed by atoms with Gasteiger partial charge in [-0.05, 0) is 54.3 Å². The number of thiophene rings is 1. The van der Waals surface area contributed by atoms with Gasteiger partial charge in [-0.15, -0.1) is 11.3 Å². The third kappa shape index (κ3) is 6.75. The van der Waals surface area contributed by atoms with Crippen LogP contribution in [0.3, 0.4) is 0 Å². The van der Waals surface area contributed by atoms with E-state index in [4.69, 9.17) is 14.5 Å². The maximum Gasteiger partial charge on any atom is 0.399 e. The van der Waals surface area contributed by atoms with Crippen molar-refractivity contribution in [2.24, 2.45) is 5.41 Å². The maximum atomic E-state index is 14.3. The maximum absolute atomic E-state index is 14.3. The molecular weight excluding hydrogens is 639 g/mol. The van der Waals surface area contributed by atoms with Crippen LogP contribution in [0.25, 0.3) is 10.1 Å². The van der Waals surface area contributed by atoms with Gasteiger partial charge in [0.15, 0.2) is 0 Å². The predicted octanol–water partition coefficient (Wildman–Crippen LogP) is 5.25. The van der Waals surface area contributed by atoms with Crippen LogP contribution in [0, 0.1) is 5.41 Å². The summed E-state index contributed by atoms with van der Waals surface area (Å²) in [6.45, 7) is 8.41. The zero-order valence-electron chi connectivity index (χ0n) is 26.0. The number of benzene rings is 2. The highest BCUT2D eigenvalue weighted by Crippen LogP contribution is 2.59. The van der Waals surface area contributed by atoms with E-state index in [1.165, 1.54) is 12.1 Å². The van der Waals surface area contributed by atoms with Gasteiger partial charge in [0.25, 0.3) is 5.91 Å². The topological polar surface area (TPSA) is 136 Å². The minimum atomic E-state index is -5.77. The van der Waals surface area contributed by atoms with Crippen LogP contribution in [0.5, 0.6) is 0 Å². The van der Waals surface area contributed by atoms with Crippen LogP contribution in [-0.4, -0.2) is 75.1 Å². The van der Waals surface area contributed by atoms with Crippen LogP contribution in [0.15, 0.2) is 54.6 Å². The Bertz CT molecular complexity index is 1670. The zero-order valence-corrected chi connectivity index (χ0v) is 27.7. The fourth-order valence-corrected chi connectivity index (χ4v) is 7.36. The Labute approximate surface area is 269 Å². The van der Waals surface area contributed by atoms with Gasteiger partial charge in [-0.1, -0.05) is 57.2 Å². The quantitative estimate of drug-likeness (QED) is 0.291. The summed E-state index contributed by atoms with van der Waals surface area (Å²) in [6.07, 6.45) is 0.841. The van der Waals surface area contributed by atoms with Gasteiger partial charge in [-0.3, -0.25) is 18.9 Å². The summed E-state index contributed by atoms with van der Waals surface area (Å²) in [4.78, 5) is 63.3. The van der Waals surface area contributed by atoms with E-state index in [-0.39, 0.29) is 34.2 Å². The summed E-state index contributed by atoms with van der Waals surface area (Å²) in [6, 6.07) is 12.3. The third-order valence-electron chi connectivity index (χ3n) is 8.55. The van der Waals surface area contributed by atoms with E-state index in [9.17, 15) is 27.7 Å². The standard InChI is InChI=1S/C32H38F2N3O7PS/c1-19-18-44-24(20-9-6-5-7-10-20)17-37(19)29(39)23-11-8-14-36(23)30(40)27(31(2,3)4)35-28(38)26-16-21-15-22(12-13-25(21)46-26)32(33,34)45(41,42)43/h5-7,9-10,12-13,15-16,19,23-24,27H,8,11,14,17-18H2,1-4H3,(H,35,38)(H2,41,42,43)/t19?,23-,24?,27+/m0/s1. The second-order valence-electron chi connectivity index (χ2n) is 13.0. The number of morpholine rings is 1. The summed E-state index contributed by atoms with van der Waals surface area (Å²) in [5.74, 6) is -1.15. The largest absolute Gasteiger partial charge is 0.399 e. The van der Waals surface area contributed by atoms with E-state index >= 15 is 0 Å². The number of fused-ring (bicyclic) bond motifs is 1. The molecule has 3 heterocycles. The average molecular weight is 678 g/mol. The van der Waals surface area contributed by atoms with Gasteiger partial charge in [-0.2, -0.15) is 8.78 Å². The molecule has 3 aromatic rings. The van der Waals surface area contributed by atoms with Crippen molar-refractivity contribution in [3.8, 4) is 0 Å². The van der Waals surface area contributed by atoms with Crippen LogP contribution < -0.4 is 5.32 Å². The lowest BCUT2D eigenvalue weighted by molar-refractivity contribution is -0.154. The number of hydrogen-bond donors (Lipinski definition) is 3. The number of alkyl halides is 2. The van der Waals surface area contributed by atoms with Gasteiger partial charge >= 0.3 is 13.3 Å². The van der Waals surface area contributed by atoms with E-state index in [2.05, 4.69) is 5.32 Å². The second-order valence-corrected chi connectivity index (χ2v) is 15.7. The van der Waals surface area contributed by atoms with Crippen molar-refractivity contribution < 1.29 is 42.3 Å². The smallest absolute Gasteiger partial charge is 0.370 e. The van der Waals surface area contributed by atoms with Gasteiger partial charge in [0.05, 0.1) is 24.1 Å². The Morgan fingerprint density at radius 2 is 1.76 bits per heavy atom. The summed E-state index contributed by atoms with van der Waals surface area (Å²) < 4.78 is 46.4. The Balaban J connectivity index is 1.34. The predicted molar refractivity (Wildman–Crippen MR) is 170 cm³/mol. The normalized spacial score (nSPS) is 21.8. The molecule has 10 nitrogen and oxygen atoms in total. The first-order valence-electron chi connectivity index (χ1n) is 15.0. The van der Waals surface area contributed by atoms with Crippen LogP contribution in [0.2, 0.25) is 0 Å². The van der Waals surface area contributed by atoms with Gasteiger partial charge < -0.3 is 29.6 Å². The molecule has 2 fully saturated rings. The van der Waals surface area contributed by atoms with Crippen molar-refractivity contribution in [1.29, 1.82) is 0 Å². The van der Waals surface area contributed by atoms with Crippen molar-refractivity contribution in [3.05, 3.63) is 70.6 Å². The third-order valence-corrected chi connectivity index (χ3v) is 10.7. The minimum absolute atomic E-state index is 0.136. The number of amides is 3. The van der Waals surface area contributed by atoms with Crippen molar-refractivity contribution in [3.63, 3.8) is 0 Å². The second kappa shape index (κ2) is 12.8. The molecular formula is C32H38F2N3O7PS. The Morgan fingerprint density at radius 3 is 2.41 bits per heavy atom. The number of carbonyl (C=O) groups excluding carboxylic acids is 3. The fraction of sp³-hybridized carbons (Fsp3) is 0.469. The molecule has 0 aliphatic carbocycles. The van der Waals surface area contributed by atoms with E-state index in [0.717, 1.165) is 29.0 Å². The van der Waals surface area contributed by atoms with Gasteiger partial charge in [0, 0.05) is 16.8 Å². The molecule has 2 aliphatic rings. The highest BCUT2D eigenvalue weighted by Gasteiger charge is 2.50. The Morgan fingerprint density at radius 1 is 1.07 bits per heavy atom. The molecule has 2 aliphatic heterocycles. The molecule has 2 unspecified atom stereocenters. The van der Waals surface area contributed by atoms with E-state index in [1.807, 2.05) is 37.3 Å². The number of rotatable bonds is 7. The molecule has 2 saturated heterocycles. The van der Waals surface area contributed by atoms with E-state index < -0.39 is 42.2 Å². The summed E-state index contributed by atoms with van der Waals surface area (Å²) >= 11 is 1.00. The number of carbonyl (C=O) groups is 3. The van der Waals surface area contributed by atoms with Crippen LogP contribution in [0.4, 0.5) is 8.78 Å². The van der Waals surface area contributed by atoms with Gasteiger partial charge in [-0.25, -0.2) is 0 Å². The molecule has 14 heteroatoms. The first-order valence-corrected chi connectivity index (χ1v) is 17.5. The highest BCUT2D eigenvalue weighted by molar-refractivity contribution is 7.52. The van der Waals surface area contributed by atoms with Crippen molar-refractivity contribution >= 4 is 46.7 Å². The lowest BCUT2D eigenvalue weighted by Crippen LogP contribution is -2.59. The average Bonchev–Trinajstić information content (AvgIpc) is 3.66. The van der Waals surface area contributed by atoms with Crippen molar-refractivity contribution in [2.45, 2.75) is 70.4 Å². The monoisotopic (exact) mass is 677 g/mol. The molecule has 0 radical (unpaired) electrons.